The van der Waals surface area contributed by atoms with Crippen molar-refractivity contribution in [3.63, 3.8) is 0 Å². The highest BCUT2D eigenvalue weighted by molar-refractivity contribution is 7.99. The molecule has 19 heavy (non-hydrogen) atoms. The van der Waals surface area contributed by atoms with E-state index in [4.69, 9.17) is 10.2 Å². The van der Waals surface area contributed by atoms with Gasteiger partial charge in [0.1, 0.15) is 5.56 Å². The number of amides is 1. The highest BCUT2D eigenvalue weighted by atomic mass is 32.2. The second-order valence-electron chi connectivity index (χ2n) is 3.81. The summed E-state index contributed by atoms with van der Waals surface area (Å²) in [6, 6.07) is -1.44. The molecule has 0 fully saturated rings. The number of nitrogens with one attached hydrogen (secondary N) is 1. The van der Waals surface area contributed by atoms with Gasteiger partial charge in [-0.05, 0) is 0 Å². The van der Waals surface area contributed by atoms with Gasteiger partial charge in [-0.25, -0.2) is 9.78 Å². The fourth-order valence-corrected chi connectivity index (χ4v) is 2.51. The monoisotopic (exact) mass is 285 g/mol. The molecule has 0 aliphatic carbocycles. The van der Waals surface area contributed by atoms with E-state index in [-0.39, 0.29) is 5.56 Å². The fourth-order valence-electron chi connectivity index (χ4n) is 1.59. The van der Waals surface area contributed by atoms with Crippen LogP contribution < -0.4 is 10.9 Å². The van der Waals surface area contributed by atoms with Crippen LogP contribution in [0.2, 0.25) is 0 Å². The Balaban J connectivity index is 2.25. The smallest absolute Gasteiger partial charge is 0.328 e. The van der Waals surface area contributed by atoms with E-state index in [1.165, 1.54) is 16.3 Å². The normalized spacial score (nSPS) is 14.8. The summed E-state index contributed by atoms with van der Waals surface area (Å²) in [5.74, 6) is -1.52. The molecule has 1 aliphatic heterocycles. The van der Waals surface area contributed by atoms with Gasteiger partial charge in [-0.15, -0.1) is 0 Å². The maximum absolute atomic E-state index is 12.0. The van der Waals surface area contributed by atoms with Crippen LogP contribution in [0.3, 0.4) is 0 Å². The van der Waals surface area contributed by atoms with Crippen molar-refractivity contribution in [2.45, 2.75) is 17.7 Å². The molecule has 8 nitrogen and oxygen atoms in total. The zero-order chi connectivity index (χ0) is 14.0. The number of nitrogens with zero attached hydrogens (tertiary/aromatic N) is 2. The van der Waals surface area contributed by atoms with Gasteiger partial charge in [0.15, 0.2) is 11.2 Å². The van der Waals surface area contributed by atoms with E-state index in [1.807, 2.05) is 0 Å². The van der Waals surface area contributed by atoms with E-state index in [2.05, 4.69) is 10.3 Å². The molecule has 0 saturated heterocycles. The van der Waals surface area contributed by atoms with Gasteiger partial charge >= 0.3 is 5.97 Å². The second kappa shape index (κ2) is 5.41. The number of hydrogen-bond acceptors (Lipinski definition) is 6. The summed E-state index contributed by atoms with van der Waals surface area (Å²) in [5, 5.41) is 20.1. The second-order valence-corrected chi connectivity index (χ2v) is 4.87. The standard InChI is InChI=1S/C10H11N3O5S/c14-4-6(9(17)18)12-7(15)5-3-11-10-13(8(5)16)1-2-19-10/h3,6,14H,1-2,4H2,(H,12,15)(H,17,18)/t6-/m0/s1. The van der Waals surface area contributed by atoms with Gasteiger partial charge in [-0.2, -0.15) is 0 Å². The van der Waals surface area contributed by atoms with Gasteiger partial charge in [-0.1, -0.05) is 11.8 Å². The van der Waals surface area contributed by atoms with E-state index in [0.717, 1.165) is 6.20 Å². The van der Waals surface area contributed by atoms with E-state index in [9.17, 15) is 14.4 Å². The van der Waals surface area contributed by atoms with Crippen LogP contribution in [-0.2, 0) is 11.3 Å². The highest BCUT2D eigenvalue weighted by Gasteiger charge is 2.24. The largest absolute Gasteiger partial charge is 0.480 e. The van der Waals surface area contributed by atoms with Gasteiger partial charge in [0.25, 0.3) is 11.5 Å². The summed E-state index contributed by atoms with van der Waals surface area (Å²) >= 11 is 1.41. The molecule has 1 amide bonds. The molecule has 3 N–H and O–H groups in total. The van der Waals surface area contributed by atoms with Crippen LogP contribution in [0, 0.1) is 0 Å². The minimum Gasteiger partial charge on any atom is -0.480 e. The summed E-state index contributed by atoms with van der Waals surface area (Å²) < 4.78 is 1.37. The van der Waals surface area contributed by atoms with Crippen molar-refractivity contribution in [3.8, 4) is 0 Å². The summed E-state index contributed by atoms with van der Waals surface area (Å²) in [6.07, 6.45) is 1.12. The van der Waals surface area contributed by atoms with Crippen LogP contribution in [0.4, 0.5) is 0 Å². The molecule has 102 valence electrons. The number of carboxylic acids is 1. The molecule has 0 aromatic carbocycles. The average Bonchev–Trinajstić information content (AvgIpc) is 2.84. The van der Waals surface area contributed by atoms with Gasteiger partial charge < -0.3 is 15.5 Å². The van der Waals surface area contributed by atoms with Crippen molar-refractivity contribution >= 4 is 23.6 Å². The molecule has 0 bridgehead atoms. The van der Waals surface area contributed by atoms with Crippen LogP contribution in [0.5, 0.6) is 0 Å². The minimum absolute atomic E-state index is 0.231. The number of carbonyl (C=O) groups excluding carboxylic acids is 1. The van der Waals surface area contributed by atoms with Crippen LogP contribution in [-0.4, -0.2) is 50.0 Å². The Morgan fingerprint density at radius 1 is 1.58 bits per heavy atom. The van der Waals surface area contributed by atoms with Crippen molar-refractivity contribution in [1.29, 1.82) is 0 Å². The fraction of sp³-hybridized carbons (Fsp3) is 0.400. The van der Waals surface area contributed by atoms with Crippen LogP contribution in [0.15, 0.2) is 16.1 Å². The predicted molar refractivity (Wildman–Crippen MR) is 65.2 cm³/mol. The van der Waals surface area contributed by atoms with E-state index < -0.39 is 30.1 Å². The molecule has 1 aliphatic rings. The van der Waals surface area contributed by atoms with E-state index in [0.29, 0.717) is 17.5 Å². The zero-order valence-corrected chi connectivity index (χ0v) is 10.5. The maximum atomic E-state index is 12.0. The number of rotatable bonds is 4. The molecule has 9 heteroatoms. The molecule has 2 rings (SSSR count). The average molecular weight is 285 g/mol. The third-order valence-corrected chi connectivity index (χ3v) is 3.56. The number of aliphatic carboxylic acids is 1. The summed E-state index contributed by atoms with van der Waals surface area (Å²) in [6.45, 7) is -0.286. The zero-order valence-electron chi connectivity index (χ0n) is 9.70. The van der Waals surface area contributed by atoms with Crippen molar-refractivity contribution in [2.75, 3.05) is 12.4 Å². The Morgan fingerprint density at radius 3 is 2.95 bits per heavy atom. The lowest BCUT2D eigenvalue weighted by molar-refractivity contribution is -0.140. The molecule has 1 aromatic rings. The Kier molecular flexibility index (Phi) is 3.86. The number of thioether (sulfide) groups is 1. The topological polar surface area (TPSA) is 122 Å². The maximum Gasteiger partial charge on any atom is 0.328 e. The number of aliphatic hydroxyl groups excluding tert-OH is 1. The molecule has 0 saturated carbocycles. The molecule has 0 unspecified atom stereocenters. The molecule has 0 radical (unpaired) electrons. The Hall–Kier alpha value is -1.87. The Labute approximate surface area is 111 Å². The Morgan fingerprint density at radius 2 is 2.32 bits per heavy atom. The lowest BCUT2D eigenvalue weighted by Crippen LogP contribution is -2.45. The first kappa shape index (κ1) is 13.6. The quantitative estimate of drug-likeness (QED) is 0.577. The summed E-state index contributed by atoms with van der Waals surface area (Å²) in [7, 11) is 0. The first-order valence-corrected chi connectivity index (χ1v) is 6.40. The van der Waals surface area contributed by atoms with Gasteiger partial charge in [0.05, 0.1) is 6.61 Å². The minimum atomic E-state index is -1.44. The molecule has 1 aromatic heterocycles. The molecule has 0 spiro atoms. The van der Waals surface area contributed by atoms with Crippen molar-refractivity contribution in [2.24, 2.45) is 0 Å². The third kappa shape index (κ3) is 2.61. The van der Waals surface area contributed by atoms with E-state index >= 15 is 0 Å². The van der Waals surface area contributed by atoms with Gasteiger partial charge in [0.2, 0.25) is 0 Å². The number of hydrogen-bond donors (Lipinski definition) is 3. The number of aromatic nitrogens is 2. The van der Waals surface area contributed by atoms with Crippen molar-refractivity contribution in [1.82, 2.24) is 14.9 Å². The predicted octanol–water partition coefficient (Wildman–Crippen LogP) is -1.48. The van der Waals surface area contributed by atoms with Crippen molar-refractivity contribution < 1.29 is 19.8 Å². The first-order valence-electron chi connectivity index (χ1n) is 5.41. The molecular weight excluding hydrogens is 274 g/mol. The molecular formula is C10H11N3O5S. The highest BCUT2D eigenvalue weighted by Crippen LogP contribution is 2.20. The van der Waals surface area contributed by atoms with Gasteiger partial charge in [-0.3, -0.25) is 14.2 Å². The number of carboxylic acid groups (broad SMARTS) is 1. The number of fused-ring (bicyclic) bond motifs is 1. The number of carbonyl (C=O) groups is 2. The van der Waals surface area contributed by atoms with E-state index in [1.54, 1.807) is 0 Å². The van der Waals surface area contributed by atoms with Crippen molar-refractivity contribution in [3.05, 3.63) is 22.1 Å². The van der Waals surface area contributed by atoms with Crippen LogP contribution >= 0.6 is 11.8 Å². The number of aliphatic hydroxyl groups is 1. The third-order valence-electron chi connectivity index (χ3n) is 2.59. The lowest BCUT2D eigenvalue weighted by atomic mass is 10.2. The molecule has 2 heterocycles. The summed E-state index contributed by atoms with van der Waals surface area (Å²) in [4.78, 5) is 38.4. The van der Waals surface area contributed by atoms with Crippen LogP contribution in [0.25, 0.3) is 0 Å². The van der Waals surface area contributed by atoms with Crippen LogP contribution in [0.1, 0.15) is 10.4 Å². The Bertz CT molecular complexity index is 585. The van der Waals surface area contributed by atoms with Gasteiger partial charge in [0, 0.05) is 18.5 Å². The molecule has 1 atom stereocenters. The lowest BCUT2D eigenvalue weighted by Gasteiger charge is -2.11. The summed E-state index contributed by atoms with van der Waals surface area (Å²) in [5.41, 5.74) is -0.736. The first-order chi connectivity index (χ1) is 9.04. The SMILES string of the molecule is O=C(N[C@@H](CO)C(=O)O)c1cnc2n(c1=O)CCS2.